The first kappa shape index (κ1) is 12.1. The second-order valence-electron chi connectivity index (χ2n) is 3.96. The number of allylic oxidation sites excluding steroid dienone is 2. The summed E-state index contributed by atoms with van der Waals surface area (Å²) in [5, 5.41) is 8.55. The molecule has 0 amide bonds. The number of carbonyl (C=O) groups excluding carboxylic acids is 2. The van der Waals surface area contributed by atoms with E-state index in [4.69, 9.17) is 10.00 Å². The minimum atomic E-state index is -0.370. The van der Waals surface area contributed by atoms with Gasteiger partial charge in [0.2, 0.25) is 0 Å². The largest absolute Gasteiger partial charge is 0.392 e. The molecular formula is C14H11NO3. The van der Waals surface area contributed by atoms with Gasteiger partial charge in [0.25, 0.3) is 6.26 Å². The van der Waals surface area contributed by atoms with Crippen molar-refractivity contribution < 1.29 is 14.3 Å². The molecule has 1 aromatic rings. The maximum Gasteiger partial charge on any atom is 0.291 e. The molecule has 0 unspecified atom stereocenters. The van der Waals surface area contributed by atoms with Crippen molar-refractivity contribution in [2.24, 2.45) is 0 Å². The SMILES string of the molecule is N#COC1=C(C(=O)c2ccccc2)C(=O)CCC1. The Bertz CT molecular complexity index is 552. The fourth-order valence-electron chi connectivity index (χ4n) is 1.96. The van der Waals surface area contributed by atoms with E-state index < -0.39 is 0 Å². The summed E-state index contributed by atoms with van der Waals surface area (Å²) in [6.45, 7) is 0. The van der Waals surface area contributed by atoms with Gasteiger partial charge in [-0.3, -0.25) is 9.59 Å². The summed E-state index contributed by atoms with van der Waals surface area (Å²) in [5.74, 6) is -0.423. The van der Waals surface area contributed by atoms with Crippen LogP contribution in [-0.2, 0) is 9.53 Å². The Labute approximate surface area is 104 Å². The number of carbonyl (C=O) groups is 2. The molecule has 0 bridgehead atoms. The summed E-state index contributed by atoms with van der Waals surface area (Å²) in [4.78, 5) is 24.1. The Morgan fingerprint density at radius 2 is 1.94 bits per heavy atom. The van der Waals surface area contributed by atoms with Crippen molar-refractivity contribution in [1.82, 2.24) is 0 Å². The Morgan fingerprint density at radius 1 is 1.22 bits per heavy atom. The molecule has 0 saturated carbocycles. The first-order valence-electron chi connectivity index (χ1n) is 5.66. The molecule has 1 aromatic carbocycles. The highest BCUT2D eigenvalue weighted by molar-refractivity contribution is 6.26. The number of rotatable bonds is 3. The fraction of sp³-hybridized carbons (Fsp3) is 0.214. The first-order chi connectivity index (χ1) is 8.74. The third-order valence-electron chi connectivity index (χ3n) is 2.80. The van der Waals surface area contributed by atoms with E-state index in [-0.39, 0.29) is 22.9 Å². The molecule has 0 aromatic heterocycles. The Hall–Kier alpha value is -2.41. The first-order valence-corrected chi connectivity index (χ1v) is 5.66. The molecule has 90 valence electrons. The second kappa shape index (κ2) is 5.28. The molecule has 0 N–H and O–H groups in total. The highest BCUT2D eigenvalue weighted by Crippen LogP contribution is 2.25. The average Bonchev–Trinajstić information content (AvgIpc) is 2.40. The van der Waals surface area contributed by atoms with Crippen LogP contribution in [0.3, 0.4) is 0 Å². The topological polar surface area (TPSA) is 67.2 Å². The molecular weight excluding hydrogens is 230 g/mol. The van der Waals surface area contributed by atoms with Crippen LogP contribution in [0.2, 0.25) is 0 Å². The lowest BCUT2D eigenvalue weighted by atomic mass is 9.90. The highest BCUT2D eigenvalue weighted by atomic mass is 16.5. The van der Waals surface area contributed by atoms with E-state index in [2.05, 4.69) is 0 Å². The van der Waals surface area contributed by atoms with E-state index in [1.807, 2.05) is 0 Å². The average molecular weight is 241 g/mol. The number of hydrogen-bond acceptors (Lipinski definition) is 4. The standard InChI is InChI=1S/C14H11NO3/c15-9-18-12-8-4-7-11(16)13(12)14(17)10-5-2-1-3-6-10/h1-3,5-6H,4,7-8H2. The Morgan fingerprint density at radius 3 is 2.61 bits per heavy atom. The van der Waals surface area contributed by atoms with E-state index in [0.29, 0.717) is 24.8 Å². The summed E-state index contributed by atoms with van der Waals surface area (Å²) >= 11 is 0. The van der Waals surface area contributed by atoms with Crippen molar-refractivity contribution in [2.75, 3.05) is 0 Å². The van der Waals surface area contributed by atoms with E-state index >= 15 is 0 Å². The summed E-state index contributed by atoms with van der Waals surface area (Å²) < 4.78 is 4.75. The molecule has 4 heteroatoms. The lowest BCUT2D eigenvalue weighted by Gasteiger charge is -2.15. The lowest BCUT2D eigenvalue weighted by Crippen LogP contribution is -2.20. The maximum absolute atomic E-state index is 12.2. The van der Waals surface area contributed by atoms with Crippen molar-refractivity contribution in [3.8, 4) is 6.26 Å². The number of benzene rings is 1. The summed E-state index contributed by atoms with van der Waals surface area (Å²) in [6.07, 6.45) is 2.92. The molecule has 0 spiro atoms. The number of hydrogen-bond donors (Lipinski definition) is 0. The minimum absolute atomic E-state index is 0.0222. The zero-order chi connectivity index (χ0) is 13.0. The fourth-order valence-corrected chi connectivity index (χ4v) is 1.96. The van der Waals surface area contributed by atoms with Gasteiger partial charge in [-0.05, 0) is 6.42 Å². The van der Waals surface area contributed by atoms with E-state index in [1.54, 1.807) is 30.3 Å². The van der Waals surface area contributed by atoms with Gasteiger partial charge in [0.05, 0.1) is 0 Å². The van der Waals surface area contributed by atoms with Crippen LogP contribution in [0, 0.1) is 11.5 Å². The van der Waals surface area contributed by atoms with Gasteiger partial charge in [-0.15, -0.1) is 5.26 Å². The molecule has 0 saturated heterocycles. The zero-order valence-corrected chi connectivity index (χ0v) is 9.68. The summed E-state index contributed by atoms with van der Waals surface area (Å²) in [6, 6.07) is 8.53. The van der Waals surface area contributed by atoms with Crippen molar-refractivity contribution in [1.29, 1.82) is 5.26 Å². The second-order valence-corrected chi connectivity index (χ2v) is 3.96. The van der Waals surface area contributed by atoms with Gasteiger partial charge in [-0.1, -0.05) is 30.3 Å². The smallest absolute Gasteiger partial charge is 0.291 e. The van der Waals surface area contributed by atoms with Crippen LogP contribution in [0.15, 0.2) is 41.7 Å². The Kier molecular flexibility index (Phi) is 3.54. The molecule has 4 nitrogen and oxygen atoms in total. The molecule has 0 aliphatic heterocycles. The molecule has 0 heterocycles. The summed E-state index contributed by atoms with van der Waals surface area (Å²) in [7, 11) is 0. The van der Waals surface area contributed by atoms with Crippen molar-refractivity contribution >= 4 is 11.6 Å². The van der Waals surface area contributed by atoms with Gasteiger partial charge in [-0.25, -0.2) is 0 Å². The van der Waals surface area contributed by atoms with Crippen LogP contribution in [0.5, 0.6) is 0 Å². The predicted octanol–water partition coefficient (Wildman–Crippen LogP) is 2.37. The molecule has 1 aliphatic carbocycles. The number of ketones is 2. The quantitative estimate of drug-likeness (QED) is 0.463. The number of ether oxygens (including phenoxy) is 1. The monoisotopic (exact) mass is 241 g/mol. The van der Waals surface area contributed by atoms with Gasteiger partial charge in [0, 0.05) is 18.4 Å². The van der Waals surface area contributed by atoms with Crippen molar-refractivity contribution in [3.05, 3.63) is 47.2 Å². The molecule has 0 radical (unpaired) electrons. The van der Waals surface area contributed by atoms with Gasteiger partial charge >= 0.3 is 0 Å². The van der Waals surface area contributed by atoms with E-state index in [1.165, 1.54) is 6.26 Å². The van der Waals surface area contributed by atoms with Gasteiger partial charge < -0.3 is 4.74 Å². The molecule has 18 heavy (non-hydrogen) atoms. The lowest BCUT2D eigenvalue weighted by molar-refractivity contribution is -0.116. The van der Waals surface area contributed by atoms with Crippen LogP contribution in [-0.4, -0.2) is 11.6 Å². The van der Waals surface area contributed by atoms with E-state index in [0.717, 1.165) is 0 Å². The maximum atomic E-state index is 12.2. The molecule has 1 aliphatic rings. The third kappa shape index (κ3) is 2.30. The van der Waals surface area contributed by atoms with Crippen LogP contribution in [0.4, 0.5) is 0 Å². The molecule has 2 rings (SSSR count). The number of nitrogens with zero attached hydrogens (tertiary/aromatic N) is 1. The molecule has 0 atom stereocenters. The minimum Gasteiger partial charge on any atom is -0.392 e. The van der Waals surface area contributed by atoms with E-state index in [9.17, 15) is 9.59 Å². The van der Waals surface area contributed by atoms with Crippen LogP contribution >= 0.6 is 0 Å². The van der Waals surface area contributed by atoms with Gasteiger partial charge in [0.15, 0.2) is 11.6 Å². The zero-order valence-electron chi connectivity index (χ0n) is 9.68. The van der Waals surface area contributed by atoms with Crippen LogP contribution in [0.25, 0.3) is 0 Å². The predicted molar refractivity (Wildman–Crippen MR) is 63.4 cm³/mol. The Balaban J connectivity index is 2.42. The number of nitriles is 1. The van der Waals surface area contributed by atoms with Gasteiger partial charge in [0.1, 0.15) is 11.3 Å². The van der Waals surface area contributed by atoms with Gasteiger partial charge in [-0.2, -0.15) is 0 Å². The van der Waals surface area contributed by atoms with Crippen LogP contribution in [0.1, 0.15) is 29.6 Å². The van der Waals surface area contributed by atoms with Crippen molar-refractivity contribution in [3.63, 3.8) is 0 Å². The highest BCUT2D eigenvalue weighted by Gasteiger charge is 2.28. The van der Waals surface area contributed by atoms with Crippen molar-refractivity contribution in [2.45, 2.75) is 19.3 Å². The normalized spacial score (nSPS) is 15.2. The molecule has 0 fully saturated rings. The third-order valence-corrected chi connectivity index (χ3v) is 2.80. The van der Waals surface area contributed by atoms with Crippen LogP contribution < -0.4 is 0 Å². The number of Topliss-reactive ketones (excluding diaryl/α,β-unsaturated/α-hetero) is 2. The summed E-state index contributed by atoms with van der Waals surface area (Å²) in [5.41, 5.74) is 0.454.